The van der Waals surface area contributed by atoms with Crippen LogP contribution in [0.1, 0.15) is 44.6 Å². The van der Waals surface area contributed by atoms with Crippen LogP contribution in [0.25, 0.3) is 0 Å². The molecule has 27 heavy (non-hydrogen) atoms. The number of benzene rings is 1. The maximum absolute atomic E-state index is 13.6. The lowest BCUT2D eigenvalue weighted by Gasteiger charge is -2.55. The molecule has 144 valence electrons. The highest BCUT2D eigenvalue weighted by Crippen LogP contribution is 2.59. The molecule has 0 spiro atoms. The quantitative estimate of drug-likeness (QED) is 0.685. The van der Waals surface area contributed by atoms with E-state index in [1.54, 1.807) is 6.08 Å². The molecule has 0 saturated heterocycles. The average Bonchev–Trinajstić information content (AvgIpc) is 2.68. The molecule has 1 amide bonds. The van der Waals surface area contributed by atoms with Crippen LogP contribution >= 0.6 is 0 Å². The molecule has 4 aliphatic rings. The lowest BCUT2D eigenvalue weighted by molar-refractivity contribution is -0.164. The van der Waals surface area contributed by atoms with Gasteiger partial charge in [0.1, 0.15) is 18.1 Å². The van der Waals surface area contributed by atoms with Crippen molar-refractivity contribution in [3.8, 4) is 5.75 Å². The minimum Gasteiger partial charge on any atom is -0.489 e. The van der Waals surface area contributed by atoms with Crippen LogP contribution in [0.4, 0.5) is 0 Å². The first-order chi connectivity index (χ1) is 13.1. The summed E-state index contributed by atoms with van der Waals surface area (Å²) in [6.45, 7) is 7.42. The van der Waals surface area contributed by atoms with E-state index >= 15 is 0 Å². The van der Waals surface area contributed by atoms with E-state index in [1.807, 2.05) is 36.1 Å². The molecule has 4 heteroatoms. The van der Waals surface area contributed by atoms with Crippen LogP contribution in [0.3, 0.4) is 0 Å². The molecule has 0 aromatic heterocycles. The predicted octanol–water partition coefficient (Wildman–Crippen LogP) is 4.00. The van der Waals surface area contributed by atoms with E-state index in [-0.39, 0.29) is 23.2 Å². The normalized spacial score (nSPS) is 31.0. The Morgan fingerprint density at radius 1 is 1.26 bits per heavy atom. The van der Waals surface area contributed by atoms with Gasteiger partial charge < -0.3 is 9.64 Å². The topological polar surface area (TPSA) is 46.6 Å². The summed E-state index contributed by atoms with van der Waals surface area (Å²) in [5.74, 6) is 2.30. The summed E-state index contributed by atoms with van der Waals surface area (Å²) in [5, 5.41) is 0. The smallest absolute Gasteiger partial charge is 0.229 e. The highest BCUT2D eigenvalue weighted by atomic mass is 16.5. The van der Waals surface area contributed by atoms with Crippen LogP contribution in [-0.2, 0) is 16.1 Å². The number of nitrogens with zero attached hydrogens (tertiary/aromatic N) is 1. The lowest BCUT2D eigenvalue weighted by Crippen LogP contribution is -2.57. The van der Waals surface area contributed by atoms with Gasteiger partial charge in [0.2, 0.25) is 5.91 Å². The summed E-state index contributed by atoms with van der Waals surface area (Å²) in [4.78, 5) is 28.1. The van der Waals surface area contributed by atoms with Crippen molar-refractivity contribution in [3.63, 3.8) is 0 Å². The van der Waals surface area contributed by atoms with Gasteiger partial charge in [-0.2, -0.15) is 0 Å². The minimum absolute atomic E-state index is 0.127. The Morgan fingerprint density at radius 2 is 1.96 bits per heavy atom. The number of amides is 1. The molecule has 0 N–H and O–H groups in total. The molecule has 4 bridgehead atoms. The van der Waals surface area contributed by atoms with Gasteiger partial charge in [0.15, 0.2) is 0 Å². The number of hydrogen-bond donors (Lipinski definition) is 0. The number of rotatable bonds is 7. The minimum atomic E-state index is -0.308. The van der Waals surface area contributed by atoms with E-state index in [0.717, 1.165) is 43.4 Å². The number of para-hydroxylation sites is 1. The van der Waals surface area contributed by atoms with Crippen LogP contribution in [-0.4, -0.2) is 29.7 Å². The highest BCUT2D eigenvalue weighted by Gasteiger charge is 2.58. The Balaban J connectivity index is 1.54. The van der Waals surface area contributed by atoms with Crippen molar-refractivity contribution in [1.29, 1.82) is 0 Å². The van der Waals surface area contributed by atoms with E-state index in [0.29, 0.717) is 31.4 Å². The van der Waals surface area contributed by atoms with Crippen molar-refractivity contribution in [2.45, 2.75) is 45.6 Å². The molecule has 2 atom stereocenters. The number of ether oxygens (including phenoxy) is 1. The summed E-state index contributed by atoms with van der Waals surface area (Å²) in [6.07, 6.45) is 6.25. The molecule has 0 aliphatic heterocycles. The maximum Gasteiger partial charge on any atom is 0.229 e. The monoisotopic (exact) mass is 367 g/mol. The molecular weight excluding hydrogens is 338 g/mol. The van der Waals surface area contributed by atoms with Crippen molar-refractivity contribution in [3.05, 3.63) is 42.5 Å². The first-order valence-electron chi connectivity index (χ1n) is 10.2. The summed E-state index contributed by atoms with van der Waals surface area (Å²) in [7, 11) is 0. The Kier molecular flexibility index (Phi) is 4.83. The van der Waals surface area contributed by atoms with Gasteiger partial charge in [-0.25, -0.2) is 0 Å². The summed E-state index contributed by atoms with van der Waals surface area (Å²) in [5.41, 5.74) is 0.715. The SMILES string of the molecule is C=CCOc1ccccc1CN(CC)C(=O)C12CC3CC(C1)C(=O)C(C3)C2. The zero-order valence-corrected chi connectivity index (χ0v) is 16.2. The van der Waals surface area contributed by atoms with Crippen LogP contribution < -0.4 is 4.74 Å². The van der Waals surface area contributed by atoms with E-state index in [2.05, 4.69) is 6.58 Å². The standard InChI is InChI=1S/C23H29NO3/c1-3-9-27-20-8-6-5-7-17(20)15-24(4-2)22(26)23-12-16-10-18(13-23)21(25)19(11-16)14-23/h3,5-8,16,18-19H,1,4,9-15H2,2H3. The molecule has 1 aromatic carbocycles. The Hall–Kier alpha value is -2.10. The largest absolute Gasteiger partial charge is 0.489 e. The second-order valence-corrected chi connectivity index (χ2v) is 8.55. The fourth-order valence-corrected chi connectivity index (χ4v) is 5.80. The van der Waals surface area contributed by atoms with Crippen molar-refractivity contribution >= 4 is 11.7 Å². The molecule has 5 rings (SSSR count). The van der Waals surface area contributed by atoms with Gasteiger partial charge >= 0.3 is 0 Å². The summed E-state index contributed by atoms with van der Waals surface area (Å²) >= 11 is 0. The number of hydrogen-bond acceptors (Lipinski definition) is 3. The second kappa shape index (κ2) is 7.14. The molecule has 0 radical (unpaired) electrons. The first-order valence-corrected chi connectivity index (χ1v) is 10.2. The van der Waals surface area contributed by atoms with Crippen molar-refractivity contribution in [2.75, 3.05) is 13.2 Å². The number of carbonyl (C=O) groups is 2. The van der Waals surface area contributed by atoms with Crippen LogP contribution in [0, 0.1) is 23.2 Å². The number of carbonyl (C=O) groups excluding carboxylic acids is 2. The van der Waals surface area contributed by atoms with Crippen LogP contribution in [0.15, 0.2) is 36.9 Å². The molecule has 4 fully saturated rings. The third-order valence-electron chi connectivity index (χ3n) is 6.81. The van der Waals surface area contributed by atoms with Crippen LogP contribution in [0.2, 0.25) is 0 Å². The Bertz CT molecular complexity index is 738. The first kappa shape index (κ1) is 18.3. The van der Waals surface area contributed by atoms with Crippen molar-refractivity contribution < 1.29 is 14.3 Å². The van der Waals surface area contributed by atoms with Crippen LogP contribution in [0.5, 0.6) is 5.75 Å². The van der Waals surface area contributed by atoms with E-state index in [1.165, 1.54) is 0 Å². The van der Waals surface area contributed by atoms with Gasteiger partial charge in [-0.05, 0) is 51.0 Å². The van der Waals surface area contributed by atoms with Crippen molar-refractivity contribution in [2.24, 2.45) is 23.2 Å². The van der Waals surface area contributed by atoms with E-state index in [4.69, 9.17) is 4.74 Å². The van der Waals surface area contributed by atoms with Crippen molar-refractivity contribution in [1.82, 2.24) is 4.90 Å². The van der Waals surface area contributed by atoms with Gasteiger partial charge in [0.25, 0.3) is 0 Å². The molecule has 1 aromatic rings. The van der Waals surface area contributed by atoms with Gasteiger partial charge in [0, 0.05) is 30.5 Å². The van der Waals surface area contributed by atoms with Gasteiger partial charge in [-0.15, -0.1) is 0 Å². The Labute approximate surface area is 161 Å². The lowest BCUT2D eigenvalue weighted by atomic mass is 9.48. The fourth-order valence-electron chi connectivity index (χ4n) is 5.80. The zero-order chi connectivity index (χ0) is 19.0. The molecule has 4 aliphatic carbocycles. The fraction of sp³-hybridized carbons (Fsp3) is 0.565. The third-order valence-corrected chi connectivity index (χ3v) is 6.81. The molecule has 0 heterocycles. The zero-order valence-electron chi connectivity index (χ0n) is 16.2. The Morgan fingerprint density at radius 3 is 2.63 bits per heavy atom. The predicted molar refractivity (Wildman–Crippen MR) is 104 cm³/mol. The second-order valence-electron chi connectivity index (χ2n) is 8.55. The van der Waals surface area contributed by atoms with Gasteiger partial charge in [-0.1, -0.05) is 30.9 Å². The van der Waals surface area contributed by atoms with E-state index in [9.17, 15) is 9.59 Å². The van der Waals surface area contributed by atoms with Gasteiger partial charge in [-0.3, -0.25) is 9.59 Å². The maximum atomic E-state index is 13.6. The molecule has 2 unspecified atom stereocenters. The number of ketones is 1. The number of Topliss-reactive ketones (excluding diaryl/α,β-unsaturated/α-hetero) is 1. The summed E-state index contributed by atoms with van der Waals surface area (Å²) < 4.78 is 5.77. The third kappa shape index (κ3) is 3.19. The average molecular weight is 367 g/mol. The van der Waals surface area contributed by atoms with E-state index < -0.39 is 0 Å². The molecule has 4 saturated carbocycles. The molecular formula is C23H29NO3. The molecule has 4 nitrogen and oxygen atoms in total. The highest BCUT2D eigenvalue weighted by molar-refractivity contribution is 5.91. The van der Waals surface area contributed by atoms with Gasteiger partial charge in [0.05, 0.1) is 5.41 Å². The summed E-state index contributed by atoms with van der Waals surface area (Å²) in [6, 6.07) is 7.90.